The molecule has 5 nitrogen and oxygen atoms in total. The van der Waals surface area contributed by atoms with Crippen molar-refractivity contribution < 1.29 is 18.3 Å². The van der Waals surface area contributed by atoms with Crippen LogP contribution in [0.25, 0.3) is 10.9 Å². The van der Waals surface area contributed by atoms with E-state index in [0.717, 1.165) is 22.2 Å². The average Bonchev–Trinajstić information content (AvgIpc) is 2.95. The molecule has 0 unspecified atom stereocenters. The largest absolute Gasteiger partial charge is 0.478 e. The Morgan fingerprint density at radius 2 is 1.74 bits per heavy atom. The van der Waals surface area contributed by atoms with Gasteiger partial charge in [-0.05, 0) is 30.2 Å². The van der Waals surface area contributed by atoms with E-state index in [4.69, 9.17) is 0 Å². The minimum Gasteiger partial charge on any atom is -0.478 e. The smallest absolute Gasteiger partial charge is 0.337 e. The summed E-state index contributed by atoms with van der Waals surface area (Å²) in [5, 5.41) is 9.69. The summed E-state index contributed by atoms with van der Waals surface area (Å²) >= 11 is 0. The van der Waals surface area contributed by atoms with E-state index in [-0.39, 0.29) is 10.5 Å². The van der Waals surface area contributed by atoms with Crippen molar-refractivity contribution in [2.24, 2.45) is 0 Å². The zero-order valence-electron chi connectivity index (χ0n) is 12.4. The second-order valence-corrected chi connectivity index (χ2v) is 6.98. The predicted molar refractivity (Wildman–Crippen MR) is 87.3 cm³/mol. The molecule has 0 amide bonds. The number of carbonyl (C=O) groups is 1. The van der Waals surface area contributed by atoms with Crippen LogP contribution in [0.2, 0.25) is 0 Å². The summed E-state index contributed by atoms with van der Waals surface area (Å²) < 4.78 is 26.7. The Labute approximate surface area is 133 Å². The summed E-state index contributed by atoms with van der Waals surface area (Å²) in [6.07, 6.45) is 1.98. The summed E-state index contributed by atoms with van der Waals surface area (Å²) in [5.74, 6) is -1.16. The van der Waals surface area contributed by atoms with Crippen molar-refractivity contribution >= 4 is 26.9 Å². The lowest BCUT2D eigenvalue weighted by atomic mass is 10.2. The molecule has 1 aromatic heterocycles. The van der Waals surface area contributed by atoms with Gasteiger partial charge in [0.05, 0.1) is 16.0 Å². The number of carboxylic acids is 1. The van der Waals surface area contributed by atoms with Gasteiger partial charge < -0.3 is 5.11 Å². The molecular formula is C17H15NO4S. The summed E-state index contributed by atoms with van der Waals surface area (Å²) in [7, 11) is -3.85. The van der Waals surface area contributed by atoms with Crippen molar-refractivity contribution in [2.45, 2.75) is 18.2 Å². The molecule has 3 aromatic rings. The van der Waals surface area contributed by atoms with Crippen molar-refractivity contribution in [3.8, 4) is 0 Å². The number of carboxylic acid groups (broad SMARTS) is 1. The van der Waals surface area contributed by atoms with Gasteiger partial charge >= 0.3 is 5.97 Å². The Balaban J connectivity index is 2.24. The second-order valence-electron chi connectivity index (χ2n) is 5.16. The van der Waals surface area contributed by atoms with Crippen LogP contribution in [0.1, 0.15) is 22.8 Å². The molecule has 0 aliphatic heterocycles. The molecule has 3 rings (SSSR count). The quantitative estimate of drug-likeness (QED) is 0.798. The lowest BCUT2D eigenvalue weighted by molar-refractivity contribution is 0.0699. The summed E-state index contributed by atoms with van der Waals surface area (Å²) in [5.41, 5.74) is 1.35. The van der Waals surface area contributed by atoms with E-state index in [1.54, 1.807) is 48.5 Å². The standard InChI is InChI=1S/C17H15NO4S/c1-2-12-7-9-13(10-8-12)23(21,22)18-11-15(17(19)20)14-5-3-4-6-16(14)18/h3-11H,2H2,1H3,(H,19,20). The summed E-state index contributed by atoms with van der Waals surface area (Å²) in [4.78, 5) is 11.5. The third-order valence-electron chi connectivity index (χ3n) is 3.80. The van der Waals surface area contributed by atoms with Gasteiger partial charge in [-0.1, -0.05) is 37.3 Å². The first-order valence-electron chi connectivity index (χ1n) is 7.13. The highest BCUT2D eigenvalue weighted by molar-refractivity contribution is 7.90. The lowest BCUT2D eigenvalue weighted by Gasteiger charge is -2.08. The molecule has 1 N–H and O–H groups in total. The van der Waals surface area contributed by atoms with E-state index in [2.05, 4.69) is 0 Å². The van der Waals surface area contributed by atoms with Crippen LogP contribution in [-0.4, -0.2) is 23.5 Å². The van der Waals surface area contributed by atoms with Crippen molar-refractivity contribution in [1.82, 2.24) is 3.97 Å². The van der Waals surface area contributed by atoms with E-state index in [9.17, 15) is 18.3 Å². The minimum atomic E-state index is -3.85. The summed E-state index contributed by atoms with van der Waals surface area (Å²) in [6.45, 7) is 1.99. The number of hydrogen-bond donors (Lipinski definition) is 1. The molecule has 0 spiro atoms. The fourth-order valence-corrected chi connectivity index (χ4v) is 3.90. The van der Waals surface area contributed by atoms with E-state index >= 15 is 0 Å². The first-order valence-corrected chi connectivity index (χ1v) is 8.57. The van der Waals surface area contributed by atoms with Gasteiger partial charge in [0.1, 0.15) is 0 Å². The van der Waals surface area contributed by atoms with Crippen LogP contribution in [0.4, 0.5) is 0 Å². The number of fused-ring (bicyclic) bond motifs is 1. The molecule has 0 fully saturated rings. The number of rotatable bonds is 4. The molecule has 0 saturated carbocycles. The third-order valence-corrected chi connectivity index (χ3v) is 5.48. The predicted octanol–water partition coefficient (Wildman–Crippen LogP) is 3.14. The Morgan fingerprint density at radius 1 is 1.09 bits per heavy atom. The average molecular weight is 329 g/mol. The van der Waals surface area contributed by atoms with Crippen LogP contribution in [0, 0.1) is 0 Å². The fourth-order valence-electron chi connectivity index (χ4n) is 2.53. The Hall–Kier alpha value is -2.60. The second kappa shape index (κ2) is 5.55. The normalized spacial score (nSPS) is 11.7. The Morgan fingerprint density at radius 3 is 2.35 bits per heavy atom. The molecule has 2 aromatic carbocycles. The number of para-hydroxylation sites is 1. The van der Waals surface area contributed by atoms with Crippen molar-refractivity contribution in [2.75, 3.05) is 0 Å². The Bertz CT molecular complexity index is 985. The van der Waals surface area contributed by atoms with Gasteiger partial charge in [-0.25, -0.2) is 17.2 Å². The molecule has 0 radical (unpaired) electrons. The molecule has 0 atom stereocenters. The van der Waals surface area contributed by atoms with E-state index in [1.165, 1.54) is 0 Å². The van der Waals surface area contributed by atoms with Crippen LogP contribution in [0.15, 0.2) is 59.6 Å². The zero-order chi connectivity index (χ0) is 16.6. The van der Waals surface area contributed by atoms with E-state index in [0.29, 0.717) is 10.9 Å². The first kappa shape index (κ1) is 15.3. The maximum atomic E-state index is 12.9. The van der Waals surface area contributed by atoms with Crippen molar-refractivity contribution in [3.05, 3.63) is 65.9 Å². The van der Waals surface area contributed by atoms with E-state index in [1.807, 2.05) is 6.92 Å². The monoisotopic (exact) mass is 329 g/mol. The minimum absolute atomic E-state index is 0.0330. The van der Waals surface area contributed by atoms with Gasteiger partial charge in [0.15, 0.2) is 0 Å². The number of aryl methyl sites for hydroxylation is 1. The van der Waals surface area contributed by atoms with Crippen LogP contribution < -0.4 is 0 Å². The molecule has 23 heavy (non-hydrogen) atoms. The third kappa shape index (κ3) is 2.51. The molecular weight excluding hydrogens is 314 g/mol. The number of hydrogen-bond acceptors (Lipinski definition) is 3. The van der Waals surface area contributed by atoms with Crippen molar-refractivity contribution in [3.63, 3.8) is 0 Å². The SMILES string of the molecule is CCc1ccc(S(=O)(=O)n2cc(C(=O)O)c3ccccc32)cc1. The number of aromatic nitrogens is 1. The highest BCUT2D eigenvalue weighted by atomic mass is 32.2. The maximum absolute atomic E-state index is 12.9. The summed E-state index contributed by atoms with van der Waals surface area (Å²) in [6, 6.07) is 13.2. The van der Waals surface area contributed by atoms with Gasteiger partial charge in [-0.3, -0.25) is 0 Å². The first-order chi connectivity index (χ1) is 10.9. The number of aromatic carboxylic acids is 1. The van der Waals surface area contributed by atoms with Crippen LogP contribution in [-0.2, 0) is 16.4 Å². The van der Waals surface area contributed by atoms with Gasteiger partial charge in [-0.2, -0.15) is 0 Å². The molecule has 0 aliphatic carbocycles. The van der Waals surface area contributed by atoms with Gasteiger partial charge in [0, 0.05) is 11.6 Å². The topological polar surface area (TPSA) is 76.4 Å². The molecule has 6 heteroatoms. The lowest BCUT2D eigenvalue weighted by Crippen LogP contribution is -2.12. The molecule has 0 bridgehead atoms. The van der Waals surface area contributed by atoms with Gasteiger partial charge in [0.2, 0.25) is 0 Å². The van der Waals surface area contributed by atoms with E-state index < -0.39 is 16.0 Å². The van der Waals surface area contributed by atoms with Crippen LogP contribution in [0.5, 0.6) is 0 Å². The molecule has 1 heterocycles. The highest BCUT2D eigenvalue weighted by Crippen LogP contribution is 2.26. The van der Waals surface area contributed by atoms with Crippen LogP contribution in [0.3, 0.4) is 0 Å². The Kier molecular flexibility index (Phi) is 3.69. The van der Waals surface area contributed by atoms with Crippen LogP contribution >= 0.6 is 0 Å². The number of benzene rings is 2. The molecule has 0 aliphatic rings. The fraction of sp³-hybridized carbons (Fsp3) is 0.118. The van der Waals surface area contributed by atoms with Gasteiger partial charge in [0.25, 0.3) is 10.0 Å². The zero-order valence-corrected chi connectivity index (χ0v) is 13.2. The maximum Gasteiger partial charge on any atom is 0.337 e. The molecule has 118 valence electrons. The molecule has 0 saturated heterocycles. The van der Waals surface area contributed by atoms with Crippen molar-refractivity contribution in [1.29, 1.82) is 0 Å². The number of nitrogens with zero attached hydrogens (tertiary/aromatic N) is 1. The highest BCUT2D eigenvalue weighted by Gasteiger charge is 2.23. The van der Waals surface area contributed by atoms with Gasteiger partial charge in [-0.15, -0.1) is 0 Å².